The zero-order valence-electron chi connectivity index (χ0n) is 23.8. The summed E-state index contributed by atoms with van der Waals surface area (Å²) in [6.45, 7) is 2.78. The minimum atomic E-state index is -0.397. The first-order valence-corrected chi connectivity index (χ1v) is 13.9. The van der Waals surface area contributed by atoms with Gasteiger partial charge in [0.25, 0.3) is 17.7 Å². The lowest BCUT2D eigenvalue weighted by Gasteiger charge is -2.28. The van der Waals surface area contributed by atoms with Gasteiger partial charge >= 0.3 is 0 Å². The molecular weight excluding hydrogens is 532 g/mol. The summed E-state index contributed by atoms with van der Waals surface area (Å²) in [5.41, 5.74) is 3.34. The summed E-state index contributed by atoms with van der Waals surface area (Å²) in [4.78, 5) is 45.4. The Morgan fingerprint density at radius 1 is 0.905 bits per heavy atom. The Kier molecular flexibility index (Phi) is 8.87. The lowest BCUT2D eigenvalue weighted by molar-refractivity contribution is 0.0763. The second-order valence-electron chi connectivity index (χ2n) is 10.2. The van der Waals surface area contributed by atoms with Crippen LogP contribution in [0.15, 0.2) is 95.6 Å². The van der Waals surface area contributed by atoms with E-state index in [0.29, 0.717) is 55.3 Å². The number of nitrogens with one attached hydrogen (secondary N) is 1. The highest BCUT2D eigenvalue weighted by atomic mass is 16.5. The zero-order valence-corrected chi connectivity index (χ0v) is 23.8. The summed E-state index contributed by atoms with van der Waals surface area (Å²) in [6, 6.07) is 25.5. The van der Waals surface area contributed by atoms with Gasteiger partial charge in [-0.15, -0.1) is 0 Å². The Bertz CT molecular complexity index is 1520. The average molecular weight is 567 g/mol. The lowest BCUT2D eigenvalue weighted by atomic mass is 10.1. The summed E-state index contributed by atoms with van der Waals surface area (Å²) in [5.74, 6) is 0.285. The first kappa shape index (κ1) is 28.5. The average Bonchev–Trinajstić information content (AvgIpc) is 3.46. The van der Waals surface area contributed by atoms with Crippen LogP contribution in [0.5, 0.6) is 5.75 Å². The molecule has 1 fully saturated rings. The van der Waals surface area contributed by atoms with Crippen molar-refractivity contribution in [1.29, 1.82) is 0 Å². The summed E-state index contributed by atoms with van der Waals surface area (Å²) in [7, 11) is 3.36. The predicted octanol–water partition coefficient (Wildman–Crippen LogP) is 5.17. The fourth-order valence-corrected chi connectivity index (χ4v) is 5.07. The molecule has 1 saturated heterocycles. The number of nitrogens with zero attached hydrogens (tertiary/aromatic N) is 3. The number of carbonyl (C=O) groups excluding carboxylic acids is 3. The molecule has 1 aromatic heterocycles. The Hall–Kier alpha value is -5.05. The van der Waals surface area contributed by atoms with E-state index in [1.54, 1.807) is 67.6 Å². The van der Waals surface area contributed by atoms with Gasteiger partial charge in [-0.3, -0.25) is 14.4 Å². The molecule has 9 heteroatoms. The molecule has 0 aliphatic carbocycles. The van der Waals surface area contributed by atoms with Crippen molar-refractivity contribution in [3.8, 4) is 5.75 Å². The van der Waals surface area contributed by atoms with E-state index >= 15 is 0 Å². The highest BCUT2D eigenvalue weighted by Gasteiger charge is 2.25. The maximum atomic E-state index is 13.9. The van der Waals surface area contributed by atoms with Gasteiger partial charge in [-0.05, 0) is 66.6 Å². The minimum Gasteiger partial charge on any atom is -0.497 e. The van der Waals surface area contributed by atoms with Crippen LogP contribution < -0.4 is 15.0 Å². The van der Waals surface area contributed by atoms with Crippen LogP contribution in [-0.4, -0.2) is 67.9 Å². The number of anilines is 2. The van der Waals surface area contributed by atoms with Crippen molar-refractivity contribution in [2.24, 2.45) is 0 Å². The van der Waals surface area contributed by atoms with Crippen LogP contribution in [0.1, 0.15) is 43.3 Å². The van der Waals surface area contributed by atoms with E-state index in [-0.39, 0.29) is 17.6 Å². The summed E-state index contributed by atoms with van der Waals surface area (Å²) >= 11 is 0. The molecule has 1 aliphatic rings. The molecule has 0 unspecified atom stereocenters. The van der Waals surface area contributed by atoms with Crippen LogP contribution >= 0.6 is 0 Å². The molecule has 4 aromatic rings. The first-order valence-electron chi connectivity index (χ1n) is 13.9. The largest absolute Gasteiger partial charge is 0.497 e. The highest BCUT2D eigenvalue weighted by molar-refractivity contribution is 6.05. The monoisotopic (exact) mass is 566 g/mol. The minimum absolute atomic E-state index is 0.0330. The second kappa shape index (κ2) is 13.1. The number of furan rings is 1. The molecule has 1 N–H and O–H groups in total. The van der Waals surface area contributed by atoms with Gasteiger partial charge in [0.05, 0.1) is 18.9 Å². The highest BCUT2D eigenvalue weighted by Crippen LogP contribution is 2.28. The molecule has 0 bridgehead atoms. The molecule has 2 heterocycles. The third kappa shape index (κ3) is 6.63. The van der Waals surface area contributed by atoms with Gasteiger partial charge in [-0.2, -0.15) is 0 Å². The summed E-state index contributed by atoms with van der Waals surface area (Å²) in [5, 5.41) is 2.84. The molecule has 1 aliphatic heterocycles. The van der Waals surface area contributed by atoms with Crippen LogP contribution in [0.2, 0.25) is 0 Å². The van der Waals surface area contributed by atoms with Crippen molar-refractivity contribution in [2.75, 3.05) is 50.6 Å². The van der Waals surface area contributed by atoms with Gasteiger partial charge < -0.3 is 29.2 Å². The molecule has 0 saturated carbocycles. The number of hydrogen-bond acceptors (Lipinski definition) is 6. The Labute approximate surface area is 245 Å². The maximum Gasteiger partial charge on any atom is 0.291 e. The van der Waals surface area contributed by atoms with Gasteiger partial charge in [0.15, 0.2) is 5.76 Å². The van der Waals surface area contributed by atoms with Gasteiger partial charge in [-0.1, -0.05) is 30.3 Å². The molecule has 0 spiro atoms. The standard InChI is InChI=1S/C33H34N4O5/c1-35(23-24-8-4-3-5-9-24)33(40)28-22-26(34-31(38)30-10-6-21-42-30)13-16-29(28)36-17-7-18-37(20-19-36)32(39)25-11-14-27(41-2)15-12-25/h3-6,8-16,21-22H,7,17-20,23H2,1-2H3,(H,34,38). The molecule has 216 valence electrons. The Morgan fingerprint density at radius 2 is 1.69 bits per heavy atom. The van der Waals surface area contributed by atoms with E-state index in [1.165, 1.54) is 6.26 Å². The SMILES string of the molecule is COc1ccc(C(=O)N2CCCN(c3ccc(NC(=O)c4ccco4)cc3C(=O)N(C)Cc3ccccc3)CC2)cc1. The number of carbonyl (C=O) groups is 3. The quantitative estimate of drug-likeness (QED) is 0.316. The number of rotatable bonds is 8. The van der Waals surface area contributed by atoms with Crippen LogP contribution in [0.25, 0.3) is 0 Å². The molecule has 9 nitrogen and oxygen atoms in total. The third-order valence-corrected chi connectivity index (χ3v) is 7.30. The number of methoxy groups -OCH3 is 1. The van der Waals surface area contributed by atoms with E-state index in [2.05, 4.69) is 10.2 Å². The normalized spacial score (nSPS) is 13.3. The van der Waals surface area contributed by atoms with Gasteiger partial charge in [0.1, 0.15) is 5.75 Å². The van der Waals surface area contributed by atoms with Gasteiger partial charge in [0.2, 0.25) is 0 Å². The number of ether oxygens (including phenoxy) is 1. The fourth-order valence-electron chi connectivity index (χ4n) is 5.07. The summed E-state index contributed by atoms with van der Waals surface area (Å²) in [6.07, 6.45) is 2.18. The maximum absolute atomic E-state index is 13.9. The number of benzene rings is 3. The fraction of sp³-hybridized carbons (Fsp3) is 0.242. The summed E-state index contributed by atoms with van der Waals surface area (Å²) < 4.78 is 10.4. The lowest BCUT2D eigenvalue weighted by Crippen LogP contribution is -2.36. The molecule has 3 amide bonds. The number of amides is 3. The van der Waals surface area contributed by atoms with E-state index < -0.39 is 5.91 Å². The van der Waals surface area contributed by atoms with Gasteiger partial charge in [-0.25, -0.2) is 0 Å². The molecule has 3 aromatic carbocycles. The Balaban J connectivity index is 1.37. The molecule has 0 atom stereocenters. The predicted molar refractivity (Wildman–Crippen MR) is 161 cm³/mol. The van der Waals surface area contributed by atoms with Crippen LogP contribution in [0.3, 0.4) is 0 Å². The topological polar surface area (TPSA) is 95.3 Å². The van der Waals surface area contributed by atoms with Crippen LogP contribution in [-0.2, 0) is 6.54 Å². The van der Waals surface area contributed by atoms with Crippen molar-refractivity contribution in [2.45, 2.75) is 13.0 Å². The molecular formula is C33H34N4O5. The second-order valence-corrected chi connectivity index (χ2v) is 10.2. The van der Waals surface area contributed by atoms with E-state index in [0.717, 1.165) is 17.7 Å². The van der Waals surface area contributed by atoms with Crippen molar-refractivity contribution in [3.63, 3.8) is 0 Å². The van der Waals surface area contributed by atoms with E-state index in [9.17, 15) is 14.4 Å². The smallest absolute Gasteiger partial charge is 0.291 e. The number of hydrogen-bond donors (Lipinski definition) is 1. The van der Waals surface area contributed by atoms with Crippen LogP contribution in [0, 0.1) is 0 Å². The Morgan fingerprint density at radius 3 is 2.40 bits per heavy atom. The van der Waals surface area contributed by atoms with E-state index in [1.807, 2.05) is 41.3 Å². The van der Waals surface area contributed by atoms with E-state index in [4.69, 9.17) is 9.15 Å². The van der Waals surface area contributed by atoms with Gasteiger partial charge in [0, 0.05) is 56.7 Å². The van der Waals surface area contributed by atoms with Crippen molar-refractivity contribution < 1.29 is 23.5 Å². The molecule has 42 heavy (non-hydrogen) atoms. The first-order chi connectivity index (χ1) is 20.4. The van der Waals surface area contributed by atoms with Crippen LogP contribution in [0.4, 0.5) is 11.4 Å². The third-order valence-electron chi connectivity index (χ3n) is 7.30. The zero-order chi connectivity index (χ0) is 29.5. The van der Waals surface area contributed by atoms with Crippen molar-refractivity contribution in [3.05, 3.63) is 114 Å². The van der Waals surface area contributed by atoms with Crippen molar-refractivity contribution >= 4 is 29.1 Å². The molecule has 0 radical (unpaired) electrons. The van der Waals surface area contributed by atoms with Crippen molar-refractivity contribution in [1.82, 2.24) is 9.80 Å². The molecule has 5 rings (SSSR count).